The van der Waals surface area contributed by atoms with Gasteiger partial charge >= 0.3 is 0 Å². The number of carbonyl (C=O) groups excluding carboxylic acids is 1. The molecule has 2 aromatic heterocycles. The molecule has 0 spiro atoms. The van der Waals surface area contributed by atoms with E-state index in [2.05, 4.69) is 20.6 Å². The molecule has 2 N–H and O–H groups in total. The van der Waals surface area contributed by atoms with E-state index in [0.717, 1.165) is 24.6 Å². The zero-order valence-electron chi connectivity index (χ0n) is 14.0. The van der Waals surface area contributed by atoms with Crippen LogP contribution in [0.5, 0.6) is 0 Å². The van der Waals surface area contributed by atoms with Gasteiger partial charge in [-0.25, -0.2) is 13.5 Å². The first-order valence-electron chi connectivity index (χ1n) is 8.38. The Labute approximate surface area is 148 Å². The van der Waals surface area contributed by atoms with Crippen molar-refractivity contribution in [3.8, 4) is 5.69 Å². The number of rotatable bonds is 5. The molecule has 6 nitrogen and oxygen atoms in total. The van der Waals surface area contributed by atoms with E-state index in [9.17, 15) is 13.6 Å². The number of nitrogens with one attached hydrogen (secondary N) is 2. The smallest absolute Gasteiger partial charge is 0.234 e. The molecular weight excluding hydrogens is 340 g/mol. The van der Waals surface area contributed by atoms with Gasteiger partial charge in [-0.15, -0.1) is 0 Å². The van der Waals surface area contributed by atoms with Crippen LogP contribution < -0.4 is 5.32 Å². The third kappa shape index (κ3) is 3.35. The Balaban J connectivity index is 1.47. The van der Waals surface area contributed by atoms with E-state index in [1.807, 2.05) is 6.07 Å². The summed E-state index contributed by atoms with van der Waals surface area (Å²) in [6.07, 6.45) is 3.85. The zero-order chi connectivity index (χ0) is 18.3. The topological polar surface area (TPSA) is 75.6 Å². The van der Waals surface area contributed by atoms with Gasteiger partial charge in [0.25, 0.3) is 0 Å². The largest absolute Gasteiger partial charge is 0.309 e. The maximum Gasteiger partial charge on any atom is 0.234 e. The van der Waals surface area contributed by atoms with Crippen molar-refractivity contribution in [2.24, 2.45) is 0 Å². The maximum atomic E-state index is 13.4. The number of H-pyrrole nitrogens is 1. The van der Waals surface area contributed by atoms with Gasteiger partial charge in [0.05, 0.1) is 17.3 Å². The third-order valence-electron chi connectivity index (χ3n) is 4.42. The van der Waals surface area contributed by atoms with Crippen molar-refractivity contribution in [1.82, 2.24) is 20.0 Å². The summed E-state index contributed by atoms with van der Waals surface area (Å²) in [7, 11) is 0. The van der Waals surface area contributed by atoms with Crippen LogP contribution in [0.3, 0.4) is 0 Å². The molecule has 1 unspecified atom stereocenters. The molecule has 1 atom stereocenters. The molecule has 1 aromatic carbocycles. The van der Waals surface area contributed by atoms with Gasteiger partial charge in [-0.1, -0.05) is 0 Å². The van der Waals surface area contributed by atoms with Gasteiger partial charge in [-0.2, -0.15) is 10.2 Å². The Morgan fingerprint density at radius 1 is 1.27 bits per heavy atom. The van der Waals surface area contributed by atoms with Crippen LogP contribution in [0.2, 0.25) is 0 Å². The van der Waals surface area contributed by atoms with Crippen LogP contribution in [-0.4, -0.2) is 25.9 Å². The lowest BCUT2D eigenvalue weighted by Crippen LogP contribution is -2.19. The molecule has 26 heavy (non-hydrogen) atoms. The second kappa shape index (κ2) is 6.36. The van der Waals surface area contributed by atoms with Gasteiger partial charge < -0.3 is 5.32 Å². The van der Waals surface area contributed by atoms with E-state index in [1.165, 1.54) is 16.8 Å². The number of halogens is 2. The second-order valence-electron chi connectivity index (χ2n) is 6.51. The summed E-state index contributed by atoms with van der Waals surface area (Å²) in [6, 6.07) is 6.63. The van der Waals surface area contributed by atoms with Crippen molar-refractivity contribution in [2.45, 2.75) is 31.6 Å². The highest BCUT2D eigenvalue weighted by atomic mass is 19.1. The standard InChI is InChI=1S/C18H17F2N5O/c1-10(18(26)21-17-9-16(22-23-17)11-2-3-11)15-4-5-25(24-15)14-7-12(19)6-13(20)8-14/h4-11H,2-3H2,1H3,(H2,21,22,23,26). The van der Waals surface area contributed by atoms with Crippen LogP contribution in [0.1, 0.15) is 43.0 Å². The number of hydrogen-bond acceptors (Lipinski definition) is 3. The third-order valence-corrected chi connectivity index (χ3v) is 4.42. The molecule has 2 heterocycles. The summed E-state index contributed by atoms with van der Waals surface area (Å²) in [4.78, 5) is 12.4. The number of carbonyl (C=O) groups is 1. The predicted octanol–water partition coefficient (Wildman–Crippen LogP) is 3.49. The van der Waals surface area contributed by atoms with Crippen molar-refractivity contribution in [1.29, 1.82) is 0 Å². The van der Waals surface area contributed by atoms with Gasteiger partial charge in [-0.05, 0) is 38.0 Å². The molecule has 134 valence electrons. The fraction of sp³-hybridized carbons (Fsp3) is 0.278. The minimum Gasteiger partial charge on any atom is -0.309 e. The lowest BCUT2D eigenvalue weighted by molar-refractivity contribution is -0.117. The Hall–Kier alpha value is -3.03. The normalized spacial score (nSPS) is 15.0. The van der Waals surface area contributed by atoms with Crippen molar-refractivity contribution in [3.05, 3.63) is 59.6 Å². The van der Waals surface area contributed by atoms with Crippen molar-refractivity contribution < 1.29 is 13.6 Å². The Morgan fingerprint density at radius 3 is 2.69 bits per heavy atom. The first-order chi connectivity index (χ1) is 12.5. The highest BCUT2D eigenvalue weighted by molar-refractivity contribution is 5.94. The van der Waals surface area contributed by atoms with Gasteiger partial charge in [0.15, 0.2) is 5.82 Å². The summed E-state index contributed by atoms with van der Waals surface area (Å²) in [5.41, 5.74) is 1.78. The molecule has 0 saturated heterocycles. The average Bonchev–Trinajstić information content (AvgIpc) is 3.15. The van der Waals surface area contributed by atoms with Gasteiger partial charge in [0, 0.05) is 29.9 Å². The lowest BCUT2D eigenvalue weighted by atomic mass is 10.1. The van der Waals surface area contributed by atoms with E-state index in [4.69, 9.17) is 0 Å². The number of anilines is 1. The van der Waals surface area contributed by atoms with Crippen molar-refractivity contribution in [2.75, 3.05) is 5.32 Å². The molecule has 1 fully saturated rings. The van der Waals surface area contributed by atoms with Crippen LogP contribution in [-0.2, 0) is 4.79 Å². The molecule has 0 radical (unpaired) electrons. The highest BCUT2D eigenvalue weighted by Crippen LogP contribution is 2.39. The van der Waals surface area contributed by atoms with Gasteiger partial charge in [-0.3, -0.25) is 9.89 Å². The summed E-state index contributed by atoms with van der Waals surface area (Å²) in [5.74, 6) is -1.17. The van der Waals surface area contributed by atoms with E-state index < -0.39 is 17.6 Å². The number of amides is 1. The number of aromatic nitrogens is 4. The molecule has 1 aliphatic rings. The maximum absolute atomic E-state index is 13.4. The highest BCUT2D eigenvalue weighted by Gasteiger charge is 2.26. The molecule has 4 rings (SSSR count). The van der Waals surface area contributed by atoms with E-state index in [0.29, 0.717) is 17.4 Å². The van der Waals surface area contributed by atoms with Crippen LogP contribution in [0.25, 0.3) is 5.69 Å². The molecule has 1 saturated carbocycles. The summed E-state index contributed by atoms with van der Waals surface area (Å²) >= 11 is 0. The van der Waals surface area contributed by atoms with E-state index >= 15 is 0 Å². The second-order valence-corrected chi connectivity index (χ2v) is 6.51. The minimum absolute atomic E-state index is 0.253. The molecular formula is C18H17F2N5O. The number of nitrogens with zero attached hydrogens (tertiary/aromatic N) is 3. The first-order valence-corrected chi connectivity index (χ1v) is 8.38. The minimum atomic E-state index is -0.687. The van der Waals surface area contributed by atoms with Gasteiger partial charge in [0.2, 0.25) is 5.91 Å². The molecule has 8 heteroatoms. The van der Waals surface area contributed by atoms with Crippen molar-refractivity contribution >= 4 is 11.7 Å². The first kappa shape index (κ1) is 16.4. The fourth-order valence-corrected chi connectivity index (χ4v) is 2.76. The molecule has 1 amide bonds. The van der Waals surface area contributed by atoms with Crippen LogP contribution >= 0.6 is 0 Å². The summed E-state index contributed by atoms with van der Waals surface area (Å²) in [6.45, 7) is 1.71. The Kier molecular flexibility index (Phi) is 4.02. The predicted molar refractivity (Wildman–Crippen MR) is 91.1 cm³/mol. The molecule has 0 bridgehead atoms. The van der Waals surface area contributed by atoms with Crippen LogP contribution in [0.15, 0.2) is 36.5 Å². The van der Waals surface area contributed by atoms with Gasteiger partial charge in [0.1, 0.15) is 11.6 Å². The molecule has 3 aromatic rings. The SMILES string of the molecule is CC(C(=O)Nc1cc(C2CC2)[nH]n1)c1ccn(-c2cc(F)cc(F)c2)n1. The van der Waals surface area contributed by atoms with E-state index in [1.54, 1.807) is 19.2 Å². The average molecular weight is 357 g/mol. The lowest BCUT2D eigenvalue weighted by Gasteiger charge is -2.08. The summed E-state index contributed by atoms with van der Waals surface area (Å²) < 4.78 is 28.1. The van der Waals surface area contributed by atoms with E-state index in [-0.39, 0.29) is 11.6 Å². The van der Waals surface area contributed by atoms with Crippen LogP contribution in [0.4, 0.5) is 14.6 Å². The monoisotopic (exact) mass is 357 g/mol. The molecule has 0 aliphatic heterocycles. The summed E-state index contributed by atoms with van der Waals surface area (Å²) in [5, 5.41) is 14.1. The Bertz CT molecular complexity index is 940. The van der Waals surface area contributed by atoms with Crippen LogP contribution in [0, 0.1) is 11.6 Å². The molecule has 1 aliphatic carbocycles. The van der Waals surface area contributed by atoms with Crippen molar-refractivity contribution in [3.63, 3.8) is 0 Å². The number of aromatic amines is 1. The number of benzene rings is 1. The Morgan fingerprint density at radius 2 is 2.00 bits per heavy atom. The number of hydrogen-bond donors (Lipinski definition) is 2. The quantitative estimate of drug-likeness (QED) is 0.734. The zero-order valence-corrected chi connectivity index (χ0v) is 14.0. The fourth-order valence-electron chi connectivity index (χ4n) is 2.76.